The Morgan fingerprint density at radius 1 is 0.951 bits per heavy atom. The summed E-state index contributed by atoms with van der Waals surface area (Å²) in [6.07, 6.45) is 18.5. The lowest BCUT2D eigenvalue weighted by Gasteiger charge is -2.60. The molecule has 0 bridgehead atoms. The quantitative estimate of drug-likeness (QED) is 0.153. The number of rotatable bonds is 15. The smallest absolute Gasteiger partial charge is 0.307 e. The molecule has 0 aliphatic heterocycles. The van der Waals surface area contributed by atoms with Crippen molar-refractivity contribution >= 4 is 17.7 Å². The van der Waals surface area contributed by atoms with E-state index in [1.807, 2.05) is 6.08 Å². The van der Waals surface area contributed by atoms with Gasteiger partial charge in [0.05, 0.1) is 12.5 Å². The molecule has 0 spiro atoms. The minimum Gasteiger partial charge on any atom is -0.481 e. The van der Waals surface area contributed by atoms with Gasteiger partial charge in [0.1, 0.15) is 6.10 Å². The van der Waals surface area contributed by atoms with Crippen molar-refractivity contribution in [2.75, 3.05) is 0 Å². The second kappa shape index (κ2) is 14.2. The molecule has 0 heterocycles. The number of aliphatic hydroxyl groups is 1. The summed E-state index contributed by atoms with van der Waals surface area (Å²) in [6, 6.07) is 0. The van der Waals surface area contributed by atoms with E-state index in [0.29, 0.717) is 24.2 Å². The molecular formula is C35H56O6. The number of aliphatic carboxylic acids is 1. The summed E-state index contributed by atoms with van der Waals surface area (Å²) in [4.78, 5) is 38.0. The monoisotopic (exact) mass is 572 g/mol. The van der Waals surface area contributed by atoms with Crippen molar-refractivity contribution in [3.63, 3.8) is 0 Å². The second-order valence-electron chi connectivity index (χ2n) is 14.3. The maximum absolute atomic E-state index is 13.0. The van der Waals surface area contributed by atoms with Gasteiger partial charge in [0, 0.05) is 18.8 Å². The van der Waals surface area contributed by atoms with Gasteiger partial charge < -0.3 is 14.9 Å². The molecule has 2 N–H and O–H groups in total. The SMILES string of the molecule is CCCCCCCCCCCCC(=O)OC(CC(=O)O)C1CC(=O)C=C2CC[C@H]3[C@@H]4CC[C@H](O)[C@@]4(C)CC[C@@H]3[C@]21C. The third-order valence-corrected chi connectivity index (χ3v) is 12.0. The number of esters is 1. The molecular weight excluding hydrogens is 516 g/mol. The number of carbonyl (C=O) groups is 3. The molecule has 2 unspecified atom stereocenters. The Morgan fingerprint density at radius 2 is 1.61 bits per heavy atom. The average Bonchev–Trinajstić information content (AvgIpc) is 3.23. The fourth-order valence-corrected chi connectivity index (χ4v) is 9.60. The van der Waals surface area contributed by atoms with E-state index in [4.69, 9.17) is 4.74 Å². The fourth-order valence-electron chi connectivity index (χ4n) is 9.60. The highest BCUT2D eigenvalue weighted by molar-refractivity contribution is 5.92. The zero-order valence-electron chi connectivity index (χ0n) is 26.0. The van der Waals surface area contributed by atoms with Gasteiger partial charge in [-0.25, -0.2) is 0 Å². The van der Waals surface area contributed by atoms with Crippen molar-refractivity contribution in [2.24, 2.45) is 34.5 Å². The van der Waals surface area contributed by atoms with Gasteiger partial charge >= 0.3 is 11.9 Å². The van der Waals surface area contributed by atoms with Crippen LogP contribution in [-0.2, 0) is 19.1 Å². The highest BCUT2D eigenvalue weighted by Gasteiger charge is 2.62. The Balaban J connectivity index is 1.39. The number of hydrogen-bond acceptors (Lipinski definition) is 5. The predicted octanol–water partition coefficient (Wildman–Crippen LogP) is 7.80. The van der Waals surface area contributed by atoms with E-state index in [1.165, 1.54) is 44.9 Å². The summed E-state index contributed by atoms with van der Waals surface area (Å²) < 4.78 is 6.01. The van der Waals surface area contributed by atoms with Crippen molar-refractivity contribution in [1.82, 2.24) is 0 Å². The lowest BCUT2D eigenvalue weighted by molar-refractivity contribution is -0.166. The first-order valence-electron chi connectivity index (χ1n) is 16.9. The van der Waals surface area contributed by atoms with E-state index < -0.39 is 12.1 Å². The van der Waals surface area contributed by atoms with Gasteiger partial charge in [0.25, 0.3) is 0 Å². The van der Waals surface area contributed by atoms with Crippen LogP contribution in [0.2, 0.25) is 0 Å². The zero-order chi connectivity index (χ0) is 29.6. The third-order valence-electron chi connectivity index (χ3n) is 12.0. The van der Waals surface area contributed by atoms with Crippen LogP contribution in [0.5, 0.6) is 0 Å². The maximum Gasteiger partial charge on any atom is 0.307 e. The van der Waals surface area contributed by atoms with E-state index in [0.717, 1.165) is 63.4 Å². The number of carboxylic acid groups (broad SMARTS) is 1. The molecule has 0 radical (unpaired) electrons. The van der Waals surface area contributed by atoms with E-state index in [2.05, 4.69) is 20.8 Å². The number of ether oxygens (including phenoxy) is 1. The lowest BCUT2D eigenvalue weighted by atomic mass is 9.44. The first-order valence-corrected chi connectivity index (χ1v) is 16.9. The summed E-state index contributed by atoms with van der Waals surface area (Å²) in [5, 5.41) is 20.7. The molecule has 3 saturated carbocycles. The zero-order valence-corrected chi connectivity index (χ0v) is 26.0. The van der Waals surface area contributed by atoms with Crippen molar-refractivity contribution in [1.29, 1.82) is 0 Å². The van der Waals surface area contributed by atoms with Crippen LogP contribution < -0.4 is 0 Å². The van der Waals surface area contributed by atoms with Crippen LogP contribution >= 0.6 is 0 Å². The summed E-state index contributed by atoms with van der Waals surface area (Å²) in [6.45, 7) is 6.71. The number of carbonyl (C=O) groups excluding carboxylic acids is 2. The Labute approximate surface area is 248 Å². The number of unbranched alkanes of at least 4 members (excludes halogenated alkanes) is 9. The van der Waals surface area contributed by atoms with Crippen molar-refractivity contribution in [3.8, 4) is 0 Å². The highest BCUT2D eigenvalue weighted by Crippen LogP contribution is 2.66. The molecule has 4 aliphatic carbocycles. The van der Waals surface area contributed by atoms with Crippen LogP contribution in [0.4, 0.5) is 0 Å². The molecule has 232 valence electrons. The number of ketones is 1. The Hall–Kier alpha value is -1.69. The van der Waals surface area contributed by atoms with Crippen LogP contribution in [0.15, 0.2) is 11.6 Å². The summed E-state index contributed by atoms with van der Waals surface area (Å²) >= 11 is 0. The molecule has 4 rings (SSSR count). The molecule has 4 aliphatic rings. The Kier molecular flexibility index (Phi) is 11.2. The van der Waals surface area contributed by atoms with Crippen molar-refractivity contribution < 1.29 is 29.3 Å². The number of hydrogen-bond donors (Lipinski definition) is 2. The van der Waals surface area contributed by atoms with Gasteiger partial charge in [0.2, 0.25) is 0 Å². The van der Waals surface area contributed by atoms with Crippen LogP contribution in [0, 0.1) is 34.5 Å². The molecule has 6 nitrogen and oxygen atoms in total. The standard InChI is InChI=1S/C35H56O6/c1-4-5-6-7-8-9-10-11-12-13-14-33(40)41-30(23-32(38)39)29-22-25(36)21-24-15-16-26-27-17-18-31(37)34(27,2)20-19-28(26)35(24,29)3/h21,26-31,37H,4-20,22-23H2,1-3H3,(H,38,39)/t26-,27-,28-,29?,30?,31-,34-,35-/m0/s1. The Bertz CT molecular complexity index is 956. The van der Waals surface area contributed by atoms with Crippen LogP contribution in [0.3, 0.4) is 0 Å². The predicted molar refractivity (Wildman–Crippen MR) is 160 cm³/mol. The van der Waals surface area contributed by atoms with E-state index in [9.17, 15) is 24.6 Å². The molecule has 0 aromatic heterocycles. The van der Waals surface area contributed by atoms with E-state index >= 15 is 0 Å². The van der Waals surface area contributed by atoms with Gasteiger partial charge in [-0.2, -0.15) is 0 Å². The summed E-state index contributed by atoms with van der Waals surface area (Å²) in [5.74, 6) is -0.422. The number of carboxylic acids is 1. The molecule has 0 aromatic carbocycles. The molecule has 0 aromatic rings. The normalized spacial score (nSPS) is 35.2. The third kappa shape index (κ3) is 7.11. The first kappa shape index (κ1) is 32.2. The van der Waals surface area contributed by atoms with Gasteiger partial charge in [0.15, 0.2) is 5.78 Å². The minimum atomic E-state index is -0.989. The van der Waals surface area contributed by atoms with Crippen molar-refractivity contribution in [3.05, 3.63) is 11.6 Å². The molecule has 0 saturated heterocycles. The van der Waals surface area contributed by atoms with Gasteiger partial charge in [-0.1, -0.05) is 84.1 Å². The summed E-state index contributed by atoms with van der Waals surface area (Å²) in [7, 11) is 0. The average molecular weight is 573 g/mol. The first-order chi connectivity index (χ1) is 19.6. The number of aliphatic hydroxyl groups excluding tert-OH is 1. The molecule has 8 atom stereocenters. The summed E-state index contributed by atoms with van der Waals surface area (Å²) in [5.41, 5.74) is 0.701. The van der Waals surface area contributed by atoms with E-state index in [1.54, 1.807) is 0 Å². The van der Waals surface area contributed by atoms with Crippen molar-refractivity contribution in [2.45, 2.75) is 155 Å². The lowest BCUT2D eigenvalue weighted by Crippen LogP contribution is -2.56. The molecule has 3 fully saturated rings. The second-order valence-corrected chi connectivity index (χ2v) is 14.3. The molecule has 0 amide bonds. The van der Waals surface area contributed by atoms with Gasteiger partial charge in [-0.3, -0.25) is 14.4 Å². The molecule has 6 heteroatoms. The van der Waals surface area contributed by atoms with Crippen LogP contribution in [0.1, 0.15) is 143 Å². The van der Waals surface area contributed by atoms with Crippen LogP contribution in [0.25, 0.3) is 0 Å². The van der Waals surface area contributed by atoms with Gasteiger partial charge in [-0.15, -0.1) is 0 Å². The molecule has 41 heavy (non-hydrogen) atoms. The topological polar surface area (TPSA) is 101 Å². The maximum atomic E-state index is 13.0. The van der Waals surface area contributed by atoms with Crippen LogP contribution in [-0.4, -0.2) is 40.1 Å². The number of allylic oxidation sites excluding steroid dienone is 1. The van der Waals surface area contributed by atoms with Gasteiger partial charge in [-0.05, 0) is 79.6 Å². The highest BCUT2D eigenvalue weighted by atomic mass is 16.5. The number of fused-ring (bicyclic) bond motifs is 5. The minimum absolute atomic E-state index is 0.0268. The van der Waals surface area contributed by atoms with E-state index in [-0.39, 0.29) is 47.4 Å². The fraction of sp³-hybridized carbons (Fsp3) is 0.857. The Morgan fingerprint density at radius 3 is 2.27 bits per heavy atom. The largest absolute Gasteiger partial charge is 0.481 e.